The Morgan fingerprint density at radius 1 is 1.57 bits per heavy atom. The van der Waals surface area contributed by atoms with E-state index >= 15 is 0 Å². The maximum Gasteiger partial charge on any atom is 0.134 e. The minimum atomic E-state index is 0.479. The zero-order valence-electron chi connectivity index (χ0n) is 8.46. The fraction of sp³-hybridized carbons (Fsp3) is 0.600. The van der Waals surface area contributed by atoms with Gasteiger partial charge in [0.05, 0.1) is 0 Å². The molecule has 2 rings (SSSR count). The molecule has 1 aliphatic heterocycles. The van der Waals surface area contributed by atoms with Crippen LogP contribution in [0.15, 0.2) is 0 Å². The minimum absolute atomic E-state index is 0.479. The first-order valence-electron chi connectivity index (χ1n) is 4.92. The molecule has 76 valence electrons. The van der Waals surface area contributed by atoms with Crippen molar-refractivity contribution in [3.63, 3.8) is 0 Å². The minimum Gasteiger partial charge on any atom is -0.346 e. The van der Waals surface area contributed by atoms with Crippen molar-refractivity contribution < 1.29 is 0 Å². The number of aromatic amines is 1. The van der Waals surface area contributed by atoms with Gasteiger partial charge in [0.1, 0.15) is 10.5 Å². The van der Waals surface area contributed by atoms with Crippen molar-refractivity contribution in [2.24, 2.45) is 0 Å². The average Bonchev–Trinajstić information content (AvgIpc) is 2.64. The lowest BCUT2D eigenvalue weighted by atomic mass is 10.1. The quantitative estimate of drug-likeness (QED) is 0.784. The summed E-state index contributed by atoms with van der Waals surface area (Å²) < 4.78 is 0.805. The first kappa shape index (κ1) is 10.2. The summed E-state index contributed by atoms with van der Waals surface area (Å²) in [5.41, 5.74) is 2.54. The maximum atomic E-state index is 5.29. The van der Waals surface area contributed by atoms with Crippen LogP contribution in [-0.4, -0.2) is 9.97 Å². The Morgan fingerprint density at radius 3 is 3.07 bits per heavy atom. The van der Waals surface area contributed by atoms with Crippen LogP contribution in [0.25, 0.3) is 0 Å². The van der Waals surface area contributed by atoms with Crippen LogP contribution in [0.5, 0.6) is 0 Å². The summed E-state index contributed by atoms with van der Waals surface area (Å²) >= 11 is 7.20. The van der Waals surface area contributed by atoms with Crippen LogP contribution in [0.1, 0.15) is 43.3 Å². The monoisotopic (exact) mass is 226 g/mol. The molecule has 1 atom stereocenters. The molecule has 1 unspecified atom stereocenters. The van der Waals surface area contributed by atoms with Gasteiger partial charge in [0.2, 0.25) is 0 Å². The summed E-state index contributed by atoms with van der Waals surface area (Å²) in [7, 11) is 0. The van der Waals surface area contributed by atoms with Gasteiger partial charge in [-0.2, -0.15) is 11.8 Å². The molecule has 0 spiro atoms. The van der Waals surface area contributed by atoms with Crippen LogP contribution in [0.4, 0.5) is 0 Å². The van der Waals surface area contributed by atoms with Gasteiger partial charge < -0.3 is 4.98 Å². The summed E-state index contributed by atoms with van der Waals surface area (Å²) in [5, 5.41) is 0. The van der Waals surface area contributed by atoms with E-state index in [1.54, 1.807) is 0 Å². The molecule has 0 saturated heterocycles. The number of thioether (sulfide) groups is 1. The normalized spacial score (nSPS) is 16.7. The van der Waals surface area contributed by atoms with E-state index in [1.807, 2.05) is 11.8 Å². The molecular weight excluding hydrogens is 212 g/mol. The van der Waals surface area contributed by atoms with Crippen molar-refractivity contribution >= 4 is 24.0 Å². The number of hydrogen-bond donors (Lipinski definition) is 1. The zero-order chi connectivity index (χ0) is 10.1. The van der Waals surface area contributed by atoms with E-state index in [-0.39, 0.29) is 0 Å². The molecule has 0 saturated carbocycles. The Balaban J connectivity index is 2.47. The number of aromatic nitrogens is 2. The largest absolute Gasteiger partial charge is 0.346 e. The van der Waals surface area contributed by atoms with Gasteiger partial charge >= 0.3 is 0 Å². The van der Waals surface area contributed by atoms with Crippen LogP contribution in [0, 0.1) is 4.64 Å². The lowest BCUT2D eigenvalue weighted by molar-refractivity contribution is 0.671. The van der Waals surface area contributed by atoms with Gasteiger partial charge in [-0.1, -0.05) is 26.1 Å². The van der Waals surface area contributed by atoms with Crippen molar-refractivity contribution in [1.29, 1.82) is 0 Å². The second-order valence-corrected chi connectivity index (χ2v) is 5.06. The fourth-order valence-corrected chi connectivity index (χ4v) is 2.97. The molecule has 2 heterocycles. The Bertz CT molecular complexity index is 398. The molecule has 0 bridgehead atoms. The van der Waals surface area contributed by atoms with Crippen LogP contribution in [0.3, 0.4) is 0 Å². The first-order chi connectivity index (χ1) is 6.72. The highest BCUT2D eigenvalue weighted by atomic mass is 32.2. The van der Waals surface area contributed by atoms with Crippen molar-refractivity contribution in [2.45, 2.75) is 37.7 Å². The Morgan fingerprint density at radius 2 is 2.36 bits per heavy atom. The second-order valence-electron chi connectivity index (χ2n) is 3.69. The van der Waals surface area contributed by atoms with Crippen LogP contribution in [-0.2, 0) is 11.5 Å². The Hall–Kier alpha value is -0.350. The summed E-state index contributed by atoms with van der Waals surface area (Å²) in [6.07, 6.45) is 1.10. The fourth-order valence-electron chi connectivity index (χ4n) is 1.52. The Labute approximate surface area is 93.5 Å². The van der Waals surface area contributed by atoms with Gasteiger partial charge in [-0.15, -0.1) is 0 Å². The molecule has 0 aliphatic carbocycles. The van der Waals surface area contributed by atoms with E-state index in [0.717, 1.165) is 28.4 Å². The predicted molar refractivity (Wildman–Crippen MR) is 63.1 cm³/mol. The van der Waals surface area contributed by atoms with Gasteiger partial charge in [-0.05, 0) is 6.42 Å². The molecule has 0 amide bonds. The SMILES string of the molecule is CCC(C)c1nc(=S)c2c([nH]1)CSC2. The highest BCUT2D eigenvalue weighted by molar-refractivity contribution is 7.98. The van der Waals surface area contributed by atoms with Gasteiger partial charge in [-0.25, -0.2) is 4.98 Å². The van der Waals surface area contributed by atoms with Crippen molar-refractivity contribution in [2.75, 3.05) is 0 Å². The van der Waals surface area contributed by atoms with E-state index in [1.165, 1.54) is 11.3 Å². The van der Waals surface area contributed by atoms with Gasteiger partial charge in [-0.3, -0.25) is 0 Å². The van der Waals surface area contributed by atoms with E-state index in [0.29, 0.717) is 5.92 Å². The van der Waals surface area contributed by atoms with Crippen LogP contribution < -0.4 is 0 Å². The molecule has 0 aromatic carbocycles. The van der Waals surface area contributed by atoms with Gasteiger partial charge in [0.15, 0.2) is 0 Å². The lowest BCUT2D eigenvalue weighted by Crippen LogP contribution is -2.04. The predicted octanol–water partition coefficient (Wildman–Crippen LogP) is 3.40. The van der Waals surface area contributed by atoms with E-state index in [2.05, 4.69) is 23.8 Å². The van der Waals surface area contributed by atoms with E-state index in [4.69, 9.17) is 12.2 Å². The highest BCUT2D eigenvalue weighted by Gasteiger charge is 2.16. The van der Waals surface area contributed by atoms with Gasteiger partial charge in [0.25, 0.3) is 0 Å². The summed E-state index contributed by atoms with van der Waals surface area (Å²) in [6.45, 7) is 4.35. The number of hydrogen-bond acceptors (Lipinski definition) is 3. The Kier molecular flexibility index (Phi) is 2.93. The molecule has 0 radical (unpaired) electrons. The summed E-state index contributed by atoms with van der Waals surface area (Å²) in [6, 6.07) is 0. The summed E-state index contributed by atoms with van der Waals surface area (Å²) in [5.74, 6) is 3.62. The molecule has 14 heavy (non-hydrogen) atoms. The zero-order valence-corrected chi connectivity index (χ0v) is 10.1. The van der Waals surface area contributed by atoms with Crippen molar-refractivity contribution in [1.82, 2.24) is 9.97 Å². The lowest BCUT2D eigenvalue weighted by Gasteiger charge is -2.09. The molecule has 4 heteroatoms. The van der Waals surface area contributed by atoms with Crippen LogP contribution >= 0.6 is 24.0 Å². The number of H-pyrrole nitrogens is 1. The van der Waals surface area contributed by atoms with E-state index in [9.17, 15) is 0 Å². The molecular formula is C10H14N2S2. The van der Waals surface area contributed by atoms with E-state index < -0.39 is 0 Å². The maximum absolute atomic E-state index is 5.29. The van der Waals surface area contributed by atoms with Crippen molar-refractivity contribution in [3.8, 4) is 0 Å². The van der Waals surface area contributed by atoms with Gasteiger partial charge in [0, 0.05) is 28.7 Å². The third-order valence-corrected chi connectivity index (χ3v) is 4.02. The number of nitrogens with zero attached hydrogens (tertiary/aromatic N) is 1. The third kappa shape index (κ3) is 1.73. The topological polar surface area (TPSA) is 28.7 Å². The smallest absolute Gasteiger partial charge is 0.134 e. The van der Waals surface area contributed by atoms with Crippen molar-refractivity contribution in [3.05, 3.63) is 21.7 Å². The number of rotatable bonds is 2. The average molecular weight is 226 g/mol. The van der Waals surface area contributed by atoms with Crippen LogP contribution in [0.2, 0.25) is 0 Å². The molecule has 1 aliphatic rings. The third-order valence-electron chi connectivity index (χ3n) is 2.70. The molecule has 1 aromatic rings. The summed E-state index contributed by atoms with van der Waals surface area (Å²) in [4.78, 5) is 7.88. The molecule has 1 N–H and O–H groups in total. The molecule has 2 nitrogen and oxygen atoms in total. The highest BCUT2D eigenvalue weighted by Crippen LogP contribution is 2.29. The molecule has 1 aromatic heterocycles. The standard InChI is InChI=1S/C10H14N2S2/c1-3-6(2)9-11-8-5-14-4-7(8)10(13)12-9/h6H,3-5H2,1-2H3,(H,11,12,13). The second kappa shape index (κ2) is 4.03. The first-order valence-corrected chi connectivity index (χ1v) is 6.48. The molecule has 0 fully saturated rings. The number of fused-ring (bicyclic) bond motifs is 1. The number of nitrogens with one attached hydrogen (secondary N) is 1.